The first-order valence-electron chi connectivity index (χ1n) is 10.9. The van der Waals surface area contributed by atoms with Crippen LogP contribution in [-0.4, -0.2) is 70.4 Å². The predicted molar refractivity (Wildman–Crippen MR) is 112 cm³/mol. The number of nitrogens with one attached hydrogen (secondary N) is 1. The van der Waals surface area contributed by atoms with Crippen LogP contribution in [0.3, 0.4) is 0 Å². The smallest absolute Gasteiger partial charge is 0.305 e. The van der Waals surface area contributed by atoms with Gasteiger partial charge in [0.05, 0.1) is 19.0 Å². The molecule has 2 amide bonds. The Kier molecular flexibility index (Phi) is 8.19. The van der Waals surface area contributed by atoms with E-state index in [1.54, 1.807) is 28.3 Å². The van der Waals surface area contributed by atoms with Gasteiger partial charge in [0.2, 0.25) is 11.8 Å². The number of amides is 2. The monoisotopic (exact) mass is 416 g/mol. The summed E-state index contributed by atoms with van der Waals surface area (Å²) < 4.78 is 0. The van der Waals surface area contributed by atoms with Gasteiger partial charge in [-0.2, -0.15) is 0 Å². The van der Waals surface area contributed by atoms with Crippen LogP contribution in [0.4, 0.5) is 0 Å². The van der Waals surface area contributed by atoms with Gasteiger partial charge >= 0.3 is 5.97 Å². The molecule has 0 aliphatic carbocycles. The minimum atomic E-state index is -0.961. The maximum Gasteiger partial charge on any atom is 0.305 e. The molecule has 3 rings (SSSR count). The van der Waals surface area contributed by atoms with Crippen molar-refractivity contribution >= 4 is 17.8 Å². The molecule has 0 unspecified atom stereocenters. The van der Waals surface area contributed by atoms with Crippen LogP contribution in [0, 0.1) is 5.92 Å². The van der Waals surface area contributed by atoms with Crippen molar-refractivity contribution in [3.8, 4) is 0 Å². The van der Waals surface area contributed by atoms with Crippen LogP contribution in [0.5, 0.6) is 0 Å². The third-order valence-electron chi connectivity index (χ3n) is 6.12. The Labute approximate surface area is 177 Å². The van der Waals surface area contributed by atoms with Crippen LogP contribution in [0.2, 0.25) is 0 Å². The van der Waals surface area contributed by atoms with E-state index in [1.165, 1.54) is 0 Å². The van der Waals surface area contributed by atoms with Gasteiger partial charge in [0.1, 0.15) is 0 Å². The van der Waals surface area contributed by atoms with E-state index in [9.17, 15) is 19.5 Å². The number of rotatable bonds is 9. The van der Waals surface area contributed by atoms with Crippen molar-refractivity contribution < 1.29 is 19.5 Å². The van der Waals surface area contributed by atoms with Gasteiger partial charge in [0, 0.05) is 31.9 Å². The fraction of sp³-hybridized carbons (Fsp3) is 0.636. The number of hydrogen-bond acceptors (Lipinski definition) is 5. The Balaban J connectivity index is 1.78. The van der Waals surface area contributed by atoms with E-state index in [2.05, 4.69) is 10.3 Å². The topological polar surface area (TPSA) is 103 Å². The molecule has 2 saturated heterocycles. The number of carboxylic acids is 1. The fourth-order valence-electron chi connectivity index (χ4n) is 4.38. The van der Waals surface area contributed by atoms with Crippen LogP contribution in [0.25, 0.3) is 0 Å². The minimum absolute atomic E-state index is 0.00377. The summed E-state index contributed by atoms with van der Waals surface area (Å²) in [6.45, 7) is 3.03. The molecule has 2 fully saturated rings. The number of nitrogens with zero attached hydrogens (tertiary/aromatic N) is 3. The van der Waals surface area contributed by atoms with E-state index in [0.29, 0.717) is 31.0 Å². The Hall–Kier alpha value is -2.48. The van der Waals surface area contributed by atoms with Crippen LogP contribution in [0.1, 0.15) is 56.6 Å². The van der Waals surface area contributed by atoms with Crippen molar-refractivity contribution in [3.63, 3.8) is 0 Å². The molecule has 164 valence electrons. The number of carbonyl (C=O) groups is 3. The quantitative estimate of drug-likeness (QED) is 0.637. The molecule has 1 aromatic heterocycles. The van der Waals surface area contributed by atoms with E-state index in [0.717, 1.165) is 45.2 Å². The van der Waals surface area contributed by atoms with Crippen molar-refractivity contribution in [3.05, 3.63) is 30.1 Å². The summed E-state index contributed by atoms with van der Waals surface area (Å²) >= 11 is 0. The Morgan fingerprint density at radius 1 is 1.30 bits per heavy atom. The molecular weight excluding hydrogens is 384 g/mol. The van der Waals surface area contributed by atoms with Gasteiger partial charge in [-0.3, -0.25) is 19.4 Å². The van der Waals surface area contributed by atoms with E-state index in [4.69, 9.17) is 0 Å². The average molecular weight is 417 g/mol. The van der Waals surface area contributed by atoms with Gasteiger partial charge in [-0.1, -0.05) is 6.07 Å². The number of pyridine rings is 1. The molecule has 0 radical (unpaired) electrons. The normalized spacial score (nSPS) is 18.8. The number of carbonyl (C=O) groups excluding carboxylic acids is 2. The van der Waals surface area contributed by atoms with E-state index in [-0.39, 0.29) is 24.8 Å². The van der Waals surface area contributed by atoms with Gasteiger partial charge in [-0.05, 0) is 62.7 Å². The summed E-state index contributed by atoms with van der Waals surface area (Å²) in [4.78, 5) is 44.6. The van der Waals surface area contributed by atoms with Crippen molar-refractivity contribution in [1.82, 2.24) is 20.1 Å². The van der Waals surface area contributed by atoms with E-state index >= 15 is 0 Å². The molecule has 30 heavy (non-hydrogen) atoms. The molecule has 2 aliphatic rings. The summed E-state index contributed by atoms with van der Waals surface area (Å²) in [6, 6.07) is 2.98. The first-order chi connectivity index (χ1) is 14.5. The second kappa shape index (κ2) is 11.1. The highest BCUT2D eigenvalue weighted by Gasteiger charge is 2.31. The largest absolute Gasteiger partial charge is 0.481 e. The molecule has 2 aliphatic heterocycles. The molecule has 1 aromatic rings. The van der Waals surface area contributed by atoms with Crippen LogP contribution in [0.15, 0.2) is 24.5 Å². The minimum Gasteiger partial charge on any atom is -0.481 e. The number of hydrogen-bond donors (Lipinski definition) is 2. The molecule has 8 nitrogen and oxygen atoms in total. The van der Waals surface area contributed by atoms with Crippen molar-refractivity contribution in [2.45, 2.75) is 51.0 Å². The lowest BCUT2D eigenvalue weighted by Gasteiger charge is -2.35. The molecule has 0 spiro atoms. The lowest BCUT2D eigenvalue weighted by molar-refractivity contribution is -0.146. The summed E-state index contributed by atoms with van der Waals surface area (Å²) in [5, 5.41) is 12.9. The highest BCUT2D eigenvalue weighted by atomic mass is 16.4. The molecular formula is C22H32N4O4. The average Bonchev–Trinajstić information content (AvgIpc) is 2.76. The molecule has 2 N–H and O–H groups in total. The summed E-state index contributed by atoms with van der Waals surface area (Å²) in [5.74, 6) is -0.631. The first kappa shape index (κ1) is 22.2. The standard InChI is InChI=1S/C22H32N4O4/c27-20-5-1-2-12-25(20)16-21(28)26(13-8-17-6-10-23-11-7-17)19(14-22(29)30)18-4-3-9-24-15-18/h3-4,9,15,17,19,23H,1-2,5-8,10-14,16H2,(H,29,30)/t19-/m0/s1. The third kappa shape index (κ3) is 6.26. The van der Waals surface area contributed by atoms with Crippen LogP contribution < -0.4 is 5.32 Å². The van der Waals surface area contributed by atoms with Crippen molar-refractivity contribution in [1.29, 1.82) is 0 Å². The molecule has 3 heterocycles. The van der Waals surface area contributed by atoms with Crippen LogP contribution >= 0.6 is 0 Å². The first-order valence-corrected chi connectivity index (χ1v) is 10.9. The molecule has 0 bridgehead atoms. The lowest BCUT2D eigenvalue weighted by Crippen LogP contribution is -2.47. The van der Waals surface area contributed by atoms with E-state index < -0.39 is 12.0 Å². The Morgan fingerprint density at radius 2 is 2.10 bits per heavy atom. The van der Waals surface area contributed by atoms with Gasteiger partial charge in [0.15, 0.2) is 0 Å². The fourth-order valence-corrected chi connectivity index (χ4v) is 4.38. The molecule has 8 heteroatoms. The zero-order chi connectivity index (χ0) is 21.3. The summed E-state index contributed by atoms with van der Waals surface area (Å²) in [5.41, 5.74) is 0.712. The molecule has 0 aromatic carbocycles. The summed E-state index contributed by atoms with van der Waals surface area (Å²) in [7, 11) is 0. The molecule has 0 saturated carbocycles. The number of carboxylic acid groups (broad SMARTS) is 1. The Bertz CT molecular complexity index is 721. The third-order valence-corrected chi connectivity index (χ3v) is 6.12. The maximum absolute atomic E-state index is 13.3. The molecule has 1 atom stereocenters. The number of aliphatic carboxylic acids is 1. The number of aromatic nitrogens is 1. The maximum atomic E-state index is 13.3. The number of likely N-dealkylation sites (tertiary alicyclic amines) is 1. The SMILES string of the molecule is O=C(O)C[C@@H](c1cccnc1)N(CCC1CCNCC1)C(=O)CN1CCCCC1=O. The van der Waals surface area contributed by atoms with Gasteiger partial charge in [0.25, 0.3) is 0 Å². The van der Waals surface area contributed by atoms with Gasteiger partial charge in [-0.15, -0.1) is 0 Å². The second-order valence-corrected chi connectivity index (χ2v) is 8.24. The second-order valence-electron chi connectivity index (χ2n) is 8.24. The van der Waals surface area contributed by atoms with Gasteiger partial charge < -0.3 is 20.2 Å². The van der Waals surface area contributed by atoms with Crippen molar-refractivity contribution in [2.24, 2.45) is 5.92 Å². The van der Waals surface area contributed by atoms with Crippen LogP contribution in [-0.2, 0) is 14.4 Å². The summed E-state index contributed by atoms with van der Waals surface area (Å²) in [6.07, 6.45) is 8.26. The zero-order valence-corrected chi connectivity index (χ0v) is 17.5. The van der Waals surface area contributed by atoms with Gasteiger partial charge in [-0.25, -0.2) is 0 Å². The van der Waals surface area contributed by atoms with E-state index in [1.807, 2.05) is 6.07 Å². The highest BCUT2D eigenvalue weighted by Crippen LogP contribution is 2.27. The van der Waals surface area contributed by atoms with Crippen molar-refractivity contribution in [2.75, 3.05) is 32.7 Å². The zero-order valence-electron chi connectivity index (χ0n) is 17.5. The Morgan fingerprint density at radius 3 is 2.77 bits per heavy atom. The lowest BCUT2D eigenvalue weighted by atomic mass is 9.93. The highest BCUT2D eigenvalue weighted by molar-refractivity contribution is 5.85. The predicted octanol–water partition coefficient (Wildman–Crippen LogP) is 1.83. The number of piperidine rings is 2.